The summed E-state index contributed by atoms with van der Waals surface area (Å²) < 4.78 is 28.8. The Morgan fingerprint density at radius 1 is 1.19 bits per heavy atom. The van der Waals surface area contributed by atoms with Crippen LogP contribution in [-0.2, 0) is 4.79 Å². The second-order valence-corrected chi connectivity index (χ2v) is 10.9. The van der Waals surface area contributed by atoms with Gasteiger partial charge in [0, 0.05) is 24.1 Å². The average molecular weight is 520 g/mol. The third kappa shape index (κ3) is 6.06. The SMILES string of the molecule is CCCCC1C(c2ccc(F)cc2)=NN(c2ccc(Cl)cc2F)C1(C)C(=O)NCCCC(C)(C)CO. The van der Waals surface area contributed by atoms with Crippen LogP contribution in [0.15, 0.2) is 47.6 Å². The summed E-state index contributed by atoms with van der Waals surface area (Å²) in [6.45, 7) is 8.29. The number of carbonyl (C=O) groups is 1. The molecule has 0 fully saturated rings. The van der Waals surface area contributed by atoms with Crippen molar-refractivity contribution in [1.82, 2.24) is 5.32 Å². The van der Waals surface area contributed by atoms with Crippen molar-refractivity contribution in [2.45, 2.75) is 65.3 Å². The largest absolute Gasteiger partial charge is 0.396 e. The highest BCUT2D eigenvalue weighted by molar-refractivity contribution is 6.30. The average Bonchev–Trinajstić information content (AvgIpc) is 3.14. The Bertz CT molecular complexity index is 1090. The van der Waals surface area contributed by atoms with Gasteiger partial charge in [-0.05, 0) is 67.5 Å². The first-order valence-electron chi connectivity index (χ1n) is 12.5. The molecule has 1 amide bonds. The summed E-state index contributed by atoms with van der Waals surface area (Å²) in [5.41, 5.74) is 0.00953. The van der Waals surface area contributed by atoms with E-state index in [1.54, 1.807) is 25.1 Å². The van der Waals surface area contributed by atoms with Gasteiger partial charge < -0.3 is 10.4 Å². The quantitative estimate of drug-likeness (QED) is 0.341. The number of aliphatic hydroxyl groups excluding tert-OH is 1. The molecule has 196 valence electrons. The Morgan fingerprint density at radius 3 is 2.50 bits per heavy atom. The summed E-state index contributed by atoms with van der Waals surface area (Å²) in [4.78, 5) is 13.8. The van der Waals surface area contributed by atoms with Crippen LogP contribution < -0.4 is 10.3 Å². The first-order valence-corrected chi connectivity index (χ1v) is 12.9. The maximum atomic E-state index is 15.1. The lowest BCUT2D eigenvalue weighted by Crippen LogP contribution is -2.58. The van der Waals surface area contributed by atoms with Gasteiger partial charge in [0.25, 0.3) is 0 Å². The molecule has 0 saturated carbocycles. The van der Waals surface area contributed by atoms with Gasteiger partial charge in [-0.25, -0.2) is 13.8 Å². The van der Waals surface area contributed by atoms with Gasteiger partial charge >= 0.3 is 0 Å². The molecule has 1 aliphatic heterocycles. The third-order valence-corrected chi connectivity index (χ3v) is 7.22. The van der Waals surface area contributed by atoms with Crippen molar-refractivity contribution < 1.29 is 18.7 Å². The van der Waals surface area contributed by atoms with E-state index in [4.69, 9.17) is 16.7 Å². The first kappa shape index (κ1) is 28.1. The van der Waals surface area contributed by atoms with Crippen molar-refractivity contribution in [2.24, 2.45) is 16.4 Å². The molecule has 0 aromatic heterocycles. The predicted molar refractivity (Wildman–Crippen MR) is 141 cm³/mol. The molecule has 2 N–H and O–H groups in total. The number of carbonyl (C=O) groups excluding carboxylic acids is 1. The molecule has 1 aliphatic rings. The van der Waals surface area contributed by atoms with Gasteiger partial charge in [-0.3, -0.25) is 4.79 Å². The molecule has 0 radical (unpaired) electrons. The zero-order valence-corrected chi connectivity index (χ0v) is 22.2. The molecule has 0 spiro atoms. The summed E-state index contributed by atoms with van der Waals surface area (Å²) in [5, 5.41) is 19.1. The van der Waals surface area contributed by atoms with Gasteiger partial charge in [0.05, 0.1) is 11.4 Å². The van der Waals surface area contributed by atoms with Crippen molar-refractivity contribution in [3.63, 3.8) is 0 Å². The number of rotatable bonds is 11. The predicted octanol–water partition coefficient (Wildman–Crippen LogP) is 6.32. The van der Waals surface area contributed by atoms with Crippen molar-refractivity contribution in [3.05, 3.63) is 64.7 Å². The Balaban J connectivity index is 2.01. The first-order chi connectivity index (χ1) is 17.0. The number of hydrogen-bond acceptors (Lipinski definition) is 4. The smallest absolute Gasteiger partial charge is 0.248 e. The molecule has 2 aromatic rings. The number of hydrogen-bond donors (Lipinski definition) is 2. The summed E-state index contributed by atoms with van der Waals surface area (Å²) in [5.74, 6) is -1.56. The standard InChI is InChI=1S/C28H36ClF2N3O2/c1-5-6-8-22-25(19-9-12-21(30)13-10-19)33-34(24-14-11-20(29)17-23(24)31)28(22,4)26(36)32-16-7-15-27(2,3)18-35/h9-14,17,22,35H,5-8,15-16,18H2,1-4H3,(H,32,36). The van der Waals surface area contributed by atoms with Gasteiger partial charge in [0.15, 0.2) is 0 Å². The highest BCUT2D eigenvalue weighted by Gasteiger charge is 2.54. The highest BCUT2D eigenvalue weighted by atomic mass is 35.5. The molecule has 0 aliphatic carbocycles. The van der Waals surface area contributed by atoms with E-state index in [2.05, 4.69) is 12.2 Å². The molecule has 0 bridgehead atoms. The van der Waals surface area contributed by atoms with E-state index in [0.717, 1.165) is 19.3 Å². The van der Waals surface area contributed by atoms with Crippen LogP contribution in [0.5, 0.6) is 0 Å². The molecule has 2 unspecified atom stereocenters. The van der Waals surface area contributed by atoms with E-state index in [1.807, 2.05) is 13.8 Å². The molecular formula is C28H36ClF2N3O2. The number of benzene rings is 2. The molecule has 8 heteroatoms. The lowest BCUT2D eigenvalue weighted by molar-refractivity contribution is -0.126. The van der Waals surface area contributed by atoms with Crippen LogP contribution in [0.2, 0.25) is 5.02 Å². The number of amides is 1. The molecule has 36 heavy (non-hydrogen) atoms. The van der Waals surface area contributed by atoms with Gasteiger partial charge in [-0.1, -0.05) is 57.3 Å². The minimum atomic E-state index is -1.22. The van der Waals surface area contributed by atoms with Crippen molar-refractivity contribution in [3.8, 4) is 0 Å². The third-order valence-electron chi connectivity index (χ3n) is 6.98. The van der Waals surface area contributed by atoms with E-state index >= 15 is 4.39 Å². The van der Waals surface area contributed by atoms with Gasteiger partial charge in [-0.15, -0.1) is 0 Å². The summed E-state index contributed by atoms with van der Waals surface area (Å²) in [6, 6.07) is 10.3. The molecule has 1 heterocycles. The van der Waals surface area contributed by atoms with E-state index < -0.39 is 11.4 Å². The fourth-order valence-corrected chi connectivity index (χ4v) is 4.80. The molecule has 2 aromatic carbocycles. The number of nitrogens with one attached hydrogen (secondary N) is 1. The number of aliphatic hydroxyl groups is 1. The van der Waals surface area contributed by atoms with Crippen LogP contribution in [0.4, 0.5) is 14.5 Å². The van der Waals surface area contributed by atoms with E-state index in [0.29, 0.717) is 30.7 Å². The van der Waals surface area contributed by atoms with Crippen LogP contribution in [0.25, 0.3) is 0 Å². The number of nitrogens with zero attached hydrogens (tertiary/aromatic N) is 2. The summed E-state index contributed by atoms with van der Waals surface area (Å²) in [7, 11) is 0. The van der Waals surface area contributed by atoms with Gasteiger partial charge in [0.2, 0.25) is 5.91 Å². The summed E-state index contributed by atoms with van der Waals surface area (Å²) >= 11 is 6.00. The van der Waals surface area contributed by atoms with Crippen LogP contribution in [0, 0.1) is 23.0 Å². The maximum Gasteiger partial charge on any atom is 0.248 e. The lowest BCUT2D eigenvalue weighted by Gasteiger charge is -2.38. The fourth-order valence-electron chi connectivity index (χ4n) is 4.64. The topological polar surface area (TPSA) is 64.9 Å². The molecular weight excluding hydrogens is 484 g/mol. The monoisotopic (exact) mass is 519 g/mol. The van der Waals surface area contributed by atoms with Gasteiger partial charge in [-0.2, -0.15) is 5.10 Å². The minimum Gasteiger partial charge on any atom is -0.396 e. The van der Waals surface area contributed by atoms with Crippen molar-refractivity contribution >= 4 is 28.9 Å². The normalized spacial score (nSPS) is 19.9. The number of anilines is 1. The van der Waals surface area contributed by atoms with Crippen LogP contribution in [0.1, 0.15) is 65.4 Å². The zero-order chi connectivity index (χ0) is 26.5. The van der Waals surface area contributed by atoms with Gasteiger partial charge in [0.1, 0.15) is 17.2 Å². The highest BCUT2D eigenvalue weighted by Crippen LogP contribution is 2.43. The van der Waals surface area contributed by atoms with E-state index in [1.165, 1.54) is 29.3 Å². The fraction of sp³-hybridized carbons (Fsp3) is 0.500. The van der Waals surface area contributed by atoms with E-state index in [-0.39, 0.29) is 40.4 Å². The molecule has 2 atom stereocenters. The molecule has 3 rings (SSSR count). The lowest BCUT2D eigenvalue weighted by atomic mass is 9.77. The second-order valence-electron chi connectivity index (χ2n) is 10.4. The minimum absolute atomic E-state index is 0.0657. The number of hydrazone groups is 1. The van der Waals surface area contributed by atoms with E-state index in [9.17, 15) is 14.3 Å². The Kier molecular flexibility index (Phi) is 9.12. The molecule has 0 saturated heterocycles. The number of halogens is 3. The van der Waals surface area contributed by atoms with Crippen molar-refractivity contribution in [1.29, 1.82) is 0 Å². The molecule has 5 nitrogen and oxygen atoms in total. The Labute approximate surface area is 217 Å². The van der Waals surface area contributed by atoms with Crippen molar-refractivity contribution in [2.75, 3.05) is 18.2 Å². The Hall–Kier alpha value is -2.51. The Morgan fingerprint density at radius 2 is 1.89 bits per heavy atom. The number of unbranched alkanes of at least 4 members (excludes halogenated alkanes) is 1. The summed E-state index contributed by atoms with van der Waals surface area (Å²) in [6.07, 6.45) is 3.84. The zero-order valence-electron chi connectivity index (χ0n) is 21.5. The van der Waals surface area contributed by atoms with Crippen LogP contribution in [0.3, 0.4) is 0 Å². The van der Waals surface area contributed by atoms with Crippen LogP contribution >= 0.6 is 11.6 Å². The maximum absolute atomic E-state index is 15.1. The van der Waals surface area contributed by atoms with Crippen LogP contribution in [-0.4, -0.2) is 35.4 Å². The second kappa shape index (κ2) is 11.7.